The van der Waals surface area contributed by atoms with Crippen LogP contribution in [0.2, 0.25) is 0 Å². The fraction of sp³-hybridized carbons (Fsp3) is 0.875. The molecule has 0 bridgehead atoms. The van der Waals surface area contributed by atoms with E-state index in [0.717, 1.165) is 44.7 Å². The molecule has 0 saturated carbocycles. The minimum absolute atomic E-state index is 0.217. The molecule has 0 radical (unpaired) electrons. The molecule has 0 unspecified atom stereocenters. The maximum Gasteiger partial charge on any atom is 0.229 e. The first-order chi connectivity index (χ1) is 11.4. The van der Waals surface area contributed by atoms with E-state index in [1.54, 1.807) is 4.31 Å². The largest absolute Gasteiger partial charge is 0.381 e. The maximum atomic E-state index is 12.2. The van der Waals surface area contributed by atoms with E-state index in [2.05, 4.69) is 17.1 Å². The van der Waals surface area contributed by atoms with Crippen LogP contribution < -0.4 is 0 Å². The Balaban J connectivity index is 1.66. The minimum atomic E-state index is -3.12. The Labute approximate surface area is 143 Å². The van der Waals surface area contributed by atoms with Crippen LogP contribution in [0.3, 0.4) is 0 Å². The van der Waals surface area contributed by atoms with Crippen LogP contribution in [0.4, 0.5) is 0 Å². The van der Waals surface area contributed by atoms with E-state index in [1.807, 2.05) is 6.92 Å². The van der Waals surface area contributed by atoms with Crippen LogP contribution in [-0.2, 0) is 20.2 Å². The van der Waals surface area contributed by atoms with Crippen molar-refractivity contribution in [2.24, 2.45) is 0 Å². The molecule has 7 nitrogen and oxygen atoms in total. The molecule has 0 atom stereocenters. The number of sulfonamides is 1. The van der Waals surface area contributed by atoms with Gasteiger partial charge in [-0.25, -0.2) is 12.7 Å². The van der Waals surface area contributed by atoms with Gasteiger partial charge in [-0.1, -0.05) is 19.0 Å². The van der Waals surface area contributed by atoms with Gasteiger partial charge in [-0.15, -0.1) is 0 Å². The first kappa shape index (κ1) is 17.8. The summed E-state index contributed by atoms with van der Waals surface area (Å²) in [6.45, 7) is 6.53. The zero-order valence-electron chi connectivity index (χ0n) is 14.5. The Hall–Kier alpha value is -0.990. The topological polar surface area (TPSA) is 85.5 Å². The number of hydrogen-bond acceptors (Lipinski definition) is 6. The van der Waals surface area contributed by atoms with E-state index in [0.29, 0.717) is 25.4 Å². The molecule has 136 valence electrons. The van der Waals surface area contributed by atoms with E-state index < -0.39 is 10.0 Å². The van der Waals surface area contributed by atoms with Crippen LogP contribution >= 0.6 is 0 Å². The summed E-state index contributed by atoms with van der Waals surface area (Å²) in [7, 11) is -3.12. The van der Waals surface area contributed by atoms with E-state index >= 15 is 0 Å². The molecule has 2 aliphatic heterocycles. The van der Waals surface area contributed by atoms with Gasteiger partial charge >= 0.3 is 0 Å². The Morgan fingerprint density at radius 1 is 1.25 bits per heavy atom. The first-order valence-electron chi connectivity index (χ1n) is 8.84. The van der Waals surface area contributed by atoms with Crippen LogP contribution in [0.5, 0.6) is 0 Å². The van der Waals surface area contributed by atoms with Gasteiger partial charge in [0.15, 0.2) is 5.82 Å². The highest BCUT2D eigenvalue weighted by Crippen LogP contribution is 2.35. The summed E-state index contributed by atoms with van der Waals surface area (Å²) in [5.41, 5.74) is -0.217. The maximum absolute atomic E-state index is 12.2. The fourth-order valence-corrected chi connectivity index (χ4v) is 4.97. The third kappa shape index (κ3) is 3.65. The monoisotopic (exact) mass is 357 g/mol. The number of aromatic nitrogens is 2. The van der Waals surface area contributed by atoms with Crippen LogP contribution in [0.15, 0.2) is 4.52 Å². The minimum Gasteiger partial charge on any atom is -0.381 e. The standard InChI is InChI=1S/C16H27N3O4S/c1-3-12-24(20,21)19-8-6-16(2,7-9-19)15-17-14(23-18-15)13-4-10-22-11-5-13/h13H,3-12H2,1-2H3. The van der Waals surface area contributed by atoms with Gasteiger partial charge in [-0.3, -0.25) is 0 Å². The molecular weight excluding hydrogens is 330 g/mol. The number of hydrogen-bond donors (Lipinski definition) is 0. The molecule has 3 rings (SSSR count). The van der Waals surface area contributed by atoms with Gasteiger partial charge in [0.2, 0.25) is 15.9 Å². The highest BCUT2D eigenvalue weighted by atomic mass is 32.2. The van der Waals surface area contributed by atoms with Crippen molar-refractivity contribution < 1.29 is 17.7 Å². The molecule has 0 aliphatic carbocycles. The SMILES string of the molecule is CCCS(=O)(=O)N1CCC(C)(c2noc(C3CCOCC3)n2)CC1. The van der Waals surface area contributed by atoms with Crippen molar-refractivity contribution in [3.63, 3.8) is 0 Å². The zero-order chi connectivity index (χ0) is 17.2. The molecule has 2 aliphatic rings. The second kappa shape index (κ2) is 7.09. The van der Waals surface area contributed by atoms with Crippen molar-refractivity contribution in [2.45, 2.75) is 57.3 Å². The lowest BCUT2D eigenvalue weighted by atomic mass is 9.80. The van der Waals surface area contributed by atoms with Gasteiger partial charge in [0.1, 0.15) is 0 Å². The second-order valence-electron chi connectivity index (χ2n) is 7.12. The highest BCUT2D eigenvalue weighted by molar-refractivity contribution is 7.89. The van der Waals surface area contributed by atoms with E-state index in [4.69, 9.17) is 9.26 Å². The van der Waals surface area contributed by atoms with Gasteiger partial charge in [0.25, 0.3) is 0 Å². The van der Waals surface area contributed by atoms with Crippen molar-refractivity contribution in [3.05, 3.63) is 11.7 Å². The molecule has 0 aromatic carbocycles. The number of piperidine rings is 1. The highest BCUT2D eigenvalue weighted by Gasteiger charge is 2.39. The molecule has 3 heterocycles. The van der Waals surface area contributed by atoms with Gasteiger partial charge in [0, 0.05) is 37.6 Å². The molecule has 0 N–H and O–H groups in total. The Morgan fingerprint density at radius 3 is 2.54 bits per heavy atom. The Kier molecular flexibility index (Phi) is 5.27. The Morgan fingerprint density at radius 2 is 1.92 bits per heavy atom. The van der Waals surface area contributed by atoms with Crippen molar-refractivity contribution in [3.8, 4) is 0 Å². The summed E-state index contributed by atoms with van der Waals surface area (Å²) >= 11 is 0. The first-order valence-corrected chi connectivity index (χ1v) is 10.5. The summed E-state index contributed by atoms with van der Waals surface area (Å²) in [6.07, 6.45) is 3.93. The van der Waals surface area contributed by atoms with E-state index in [9.17, 15) is 8.42 Å². The zero-order valence-corrected chi connectivity index (χ0v) is 15.3. The fourth-order valence-electron chi connectivity index (χ4n) is 3.46. The molecule has 2 fully saturated rings. The summed E-state index contributed by atoms with van der Waals surface area (Å²) in [5.74, 6) is 1.93. The lowest BCUT2D eigenvalue weighted by Crippen LogP contribution is -2.45. The second-order valence-corrected chi connectivity index (χ2v) is 9.21. The average Bonchev–Trinajstić information content (AvgIpc) is 3.07. The van der Waals surface area contributed by atoms with Crippen LogP contribution in [-0.4, -0.2) is 54.9 Å². The summed E-state index contributed by atoms with van der Waals surface area (Å²) in [4.78, 5) is 4.65. The van der Waals surface area contributed by atoms with Crippen LogP contribution in [0.25, 0.3) is 0 Å². The van der Waals surface area contributed by atoms with Gasteiger partial charge < -0.3 is 9.26 Å². The van der Waals surface area contributed by atoms with Crippen LogP contribution in [0.1, 0.15) is 63.6 Å². The predicted molar refractivity (Wildman–Crippen MR) is 89.3 cm³/mol. The molecule has 0 amide bonds. The normalized spacial score (nSPS) is 23.4. The van der Waals surface area contributed by atoms with Crippen molar-refractivity contribution in [1.82, 2.24) is 14.4 Å². The van der Waals surface area contributed by atoms with E-state index in [-0.39, 0.29) is 17.1 Å². The number of ether oxygens (including phenoxy) is 1. The third-order valence-electron chi connectivity index (χ3n) is 5.23. The molecule has 1 aromatic rings. The molecule has 24 heavy (non-hydrogen) atoms. The molecule has 2 saturated heterocycles. The third-order valence-corrected chi connectivity index (χ3v) is 7.31. The Bertz CT molecular complexity index is 644. The molecular formula is C16H27N3O4S. The summed E-state index contributed by atoms with van der Waals surface area (Å²) < 4.78 is 36.9. The van der Waals surface area contributed by atoms with Gasteiger partial charge in [-0.05, 0) is 32.1 Å². The average molecular weight is 357 g/mol. The lowest BCUT2D eigenvalue weighted by molar-refractivity contribution is 0.0778. The lowest BCUT2D eigenvalue weighted by Gasteiger charge is -2.36. The quantitative estimate of drug-likeness (QED) is 0.802. The van der Waals surface area contributed by atoms with Crippen LogP contribution in [0, 0.1) is 0 Å². The van der Waals surface area contributed by atoms with Crippen molar-refractivity contribution in [2.75, 3.05) is 32.1 Å². The molecule has 8 heteroatoms. The summed E-state index contributed by atoms with van der Waals surface area (Å²) in [6, 6.07) is 0. The summed E-state index contributed by atoms with van der Waals surface area (Å²) in [5, 5.41) is 4.22. The molecule has 0 spiro atoms. The molecule has 1 aromatic heterocycles. The van der Waals surface area contributed by atoms with Gasteiger partial charge in [-0.2, -0.15) is 4.98 Å². The number of rotatable bonds is 5. The number of nitrogens with zero attached hydrogens (tertiary/aromatic N) is 3. The van der Waals surface area contributed by atoms with Crippen molar-refractivity contribution >= 4 is 10.0 Å². The predicted octanol–water partition coefficient (Wildman–Crippen LogP) is 2.06. The van der Waals surface area contributed by atoms with Gasteiger partial charge in [0.05, 0.1) is 5.75 Å². The smallest absolute Gasteiger partial charge is 0.229 e. The van der Waals surface area contributed by atoms with Crippen molar-refractivity contribution in [1.29, 1.82) is 0 Å². The van der Waals surface area contributed by atoms with E-state index in [1.165, 1.54) is 0 Å².